The lowest BCUT2D eigenvalue weighted by atomic mass is 10.1. The number of imide groups is 1. The molecule has 0 bridgehead atoms. The molecule has 2 aromatic carbocycles. The van der Waals surface area contributed by atoms with Crippen molar-refractivity contribution in [3.05, 3.63) is 71.3 Å². The molecule has 9 heteroatoms. The molecular weight excluding hydrogens is 440 g/mol. The first-order valence-corrected chi connectivity index (χ1v) is 11.4. The number of ether oxygens (including phenoxy) is 3. The van der Waals surface area contributed by atoms with Crippen molar-refractivity contribution >= 4 is 17.9 Å². The van der Waals surface area contributed by atoms with E-state index in [1.165, 1.54) is 0 Å². The summed E-state index contributed by atoms with van der Waals surface area (Å²) in [6, 6.07) is 16.0. The number of hydrogen-bond donors (Lipinski definition) is 1. The average Bonchev–Trinajstić information content (AvgIpc) is 3.12. The molecule has 2 unspecified atom stereocenters. The molecule has 2 heterocycles. The second-order valence-corrected chi connectivity index (χ2v) is 8.08. The smallest absolute Gasteiger partial charge is 0.407 e. The number of alkyl carbamates (subject to hydrolysis) is 1. The van der Waals surface area contributed by atoms with Crippen LogP contribution in [0.15, 0.2) is 54.6 Å². The minimum atomic E-state index is -0.544. The van der Waals surface area contributed by atoms with Crippen molar-refractivity contribution in [2.45, 2.75) is 44.7 Å². The van der Waals surface area contributed by atoms with Gasteiger partial charge in [0.05, 0.1) is 17.2 Å². The summed E-state index contributed by atoms with van der Waals surface area (Å²) in [5, 5.41) is 3.46. The van der Waals surface area contributed by atoms with Gasteiger partial charge in [-0.25, -0.2) is 4.79 Å². The third kappa shape index (κ3) is 6.19. The lowest BCUT2D eigenvalue weighted by molar-refractivity contribution is -0.213. The van der Waals surface area contributed by atoms with Crippen LogP contribution in [0.1, 0.15) is 52.0 Å². The predicted molar refractivity (Wildman–Crippen MR) is 121 cm³/mol. The number of amides is 3. The zero-order chi connectivity index (χ0) is 23.8. The van der Waals surface area contributed by atoms with Crippen molar-refractivity contribution in [2.24, 2.45) is 0 Å². The topological polar surface area (TPSA) is 103 Å². The Labute approximate surface area is 197 Å². The lowest BCUT2D eigenvalue weighted by Crippen LogP contribution is -2.38. The monoisotopic (exact) mass is 468 g/mol. The summed E-state index contributed by atoms with van der Waals surface area (Å²) in [7, 11) is 0. The Bertz CT molecular complexity index is 957. The largest absolute Gasteiger partial charge is 0.445 e. The van der Waals surface area contributed by atoms with Crippen LogP contribution in [0.5, 0.6) is 0 Å². The van der Waals surface area contributed by atoms with Gasteiger partial charge in [0.1, 0.15) is 13.2 Å². The summed E-state index contributed by atoms with van der Waals surface area (Å²) < 4.78 is 16.9. The number of fused-ring (bicyclic) bond motifs is 1. The SMILES string of the molecule is O=C(NCCC(CON1C(=O)c2ccccc2C1=O)OC1CCCCO1)OCc1ccccc1. The molecule has 2 aromatic rings. The fourth-order valence-corrected chi connectivity index (χ4v) is 3.78. The van der Waals surface area contributed by atoms with Gasteiger partial charge >= 0.3 is 6.09 Å². The fraction of sp³-hybridized carbons (Fsp3) is 0.400. The number of carbonyl (C=O) groups excluding carboxylic acids is 3. The highest BCUT2D eigenvalue weighted by atomic mass is 16.7. The van der Waals surface area contributed by atoms with E-state index in [4.69, 9.17) is 19.0 Å². The molecule has 1 saturated heterocycles. The molecule has 180 valence electrons. The molecule has 2 aliphatic rings. The summed E-state index contributed by atoms with van der Waals surface area (Å²) >= 11 is 0. The highest BCUT2D eigenvalue weighted by Gasteiger charge is 2.37. The van der Waals surface area contributed by atoms with Gasteiger partial charge < -0.3 is 19.5 Å². The van der Waals surface area contributed by atoms with Crippen molar-refractivity contribution in [2.75, 3.05) is 19.8 Å². The Morgan fingerprint density at radius 2 is 1.74 bits per heavy atom. The minimum absolute atomic E-state index is 0.0495. The molecule has 4 rings (SSSR count). The van der Waals surface area contributed by atoms with Crippen molar-refractivity contribution in [3.8, 4) is 0 Å². The van der Waals surface area contributed by atoms with Gasteiger partial charge in [0.15, 0.2) is 6.29 Å². The molecule has 1 fully saturated rings. The number of nitrogens with one attached hydrogen (secondary N) is 1. The van der Waals surface area contributed by atoms with Crippen molar-refractivity contribution < 1.29 is 33.4 Å². The van der Waals surface area contributed by atoms with Crippen LogP contribution in [-0.2, 0) is 25.7 Å². The molecule has 1 N–H and O–H groups in total. The second kappa shape index (κ2) is 11.7. The Morgan fingerprint density at radius 3 is 2.41 bits per heavy atom. The summed E-state index contributed by atoms with van der Waals surface area (Å²) in [4.78, 5) is 42.7. The van der Waals surface area contributed by atoms with Gasteiger partial charge in [0.25, 0.3) is 11.8 Å². The molecule has 0 saturated carbocycles. The van der Waals surface area contributed by atoms with Crippen molar-refractivity contribution in [3.63, 3.8) is 0 Å². The van der Waals surface area contributed by atoms with E-state index in [9.17, 15) is 14.4 Å². The van der Waals surface area contributed by atoms with Gasteiger partial charge in [0.2, 0.25) is 0 Å². The maximum Gasteiger partial charge on any atom is 0.407 e. The highest BCUT2D eigenvalue weighted by Crippen LogP contribution is 2.23. The van der Waals surface area contributed by atoms with Crippen LogP contribution in [0.4, 0.5) is 4.79 Å². The molecule has 3 amide bonds. The third-order valence-corrected chi connectivity index (χ3v) is 5.58. The number of rotatable bonds is 10. The summed E-state index contributed by atoms with van der Waals surface area (Å²) in [6.45, 7) is 0.995. The predicted octanol–water partition coefficient (Wildman–Crippen LogP) is 3.44. The molecule has 0 spiro atoms. The minimum Gasteiger partial charge on any atom is -0.445 e. The quantitative estimate of drug-likeness (QED) is 0.533. The summed E-state index contributed by atoms with van der Waals surface area (Å²) in [5.74, 6) is -1.01. The molecule has 34 heavy (non-hydrogen) atoms. The number of carbonyl (C=O) groups is 3. The molecule has 2 atom stereocenters. The van der Waals surface area contributed by atoms with Crippen LogP contribution >= 0.6 is 0 Å². The number of hydrogen-bond acceptors (Lipinski definition) is 7. The van der Waals surface area contributed by atoms with E-state index in [0.29, 0.717) is 24.2 Å². The number of nitrogens with zero attached hydrogens (tertiary/aromatic N) is 1. The first-order valence-electron chi connectivity index (χ1n) is 11.4. The molecule has 0 aliphatic carbocycles. The van der Waals surface area contributed by atoms with Gasteiger partial charge in [0, 0.05) is 13.2 Å². The maximum absolute atomic E-state index is 12.5. The van der Waals surface area contributed by atoms with Crippen LogP contribution in [0, 0.1) is 0 Å². The maximum atomic E-state index is 12.5. The molecule has 2 aliphatic heterocycles. The van der Waals surface area contributed by atoms with Crippen LogP contribution in [-0.4, -0.2) is 55.1 Å². The first-order chi connectivity index (χ1) is 16.6. The molecule has 0 radical (unpaired) electrons. The van der Waals surface area contributed by atoms with Crippen LogP contribution in [0.3, 0.4) is 0 Å². The number of hydroxylamine groups is 2. The van der Waals surface area contributed by atoms with E-state index >= 15 is 0 Å². The van der Waals surface area contributed by atoms with E-state index < -0.39 is 30.3 Å². The van der Waals surface area contributed by atoms with Crippen molar-refractivity contribution in [1.82, 2.24) is 10.4 Å². The molecule has 9 nitrogen and oxygen atoms in total. The average molecular weight is 469 g/mol. The van der Waals surface area contributed by atoms with E-state index in [1.807, 2.05) is 30.3 Å². The van der Waals surface area contributed by atoms with Crippen molar-refractivity contribution in [1.29, 1.82) is 0 Å². The number of benzene rings is 2. The van der Waals surface area contributed by atoms with E-state index in [-0.39, 0.29) is 19.8 Å². The fourth-order valence-electron chi connectivity index (χ4n) is 3.78. The summed E-state index contributed by atoms with van der Waals surface area (Å²) in [6.07, 6.45) is 1.64. The normalized spacial score (nSPS) is 18.5. The zero-order valence-corrected chi connectivity index (χ0v) is 18.8. The zero-order valence-electron chi connectivity index (χ0n) is 18.8. The van der Waals surface area contributed by atoms with Gasteiger partial charge in [-0.15, -0.1) is 5.06 Å². The van der Waals surface area contributed by atoms with E-state index in [1.54, 1.807) is 24.3 Å². The van der Waals surface area contributed by atoms with Crippen LogP contribution in [0.25, 0.3) is 0 Å². The van der Waals surface area contributed by atoms with Crippen LogP contribution < -0.4 is 5.32 Å². The van der Waals surface area contributed by atoms with Crippen LogP contribution in [0.2, 0.25) is 0 Å². The first kappa shape index (κ1) is 23.9. The van der Waals surface area contributed by atoms with Gasteiger partial charge in [-0.3, -0.25) is 14.4 Å². The Balaban J connectivity index is 1.28. The van der Waals surface area contributed by atoms with Gasteiger partial charge in [-0.2, -0.15) is 0 Å². The highest BCUT2D eigenvalue weighted by molar-refractivity contribution is 6.20. The second-order valence-electron chi connectivity index (χ2n) is 8.08. The standard InChI is InChI=1S/C25H28N2O7/c28-23-20-10-4-5-11-21(20)24(29)27(23)33-17-19(34-22-12-6-7-15-31-22)13-14-26-25(30)32-16-18-8-2-1-3-9-18/h1-5,8-11,19,22H,6-7,12-17H2,(H,26,30). The van der Waals surface area contributed by atoms with E-state index in [0.717, 1.165) is 29.9 Å². The Morgan fingerprint density at radius 1 is 1.03 bits per heavy atom. The van der Waals surface area contributed by atoms with Gasteiger partial charge in [-0.1, -0.05) is 42.5 Å². The Kier molecular flexibility index (Phi) is 8.24. The molecular formula is C25H28N2O7. The summed E-state index contributed by atoms with van der Waals surface area (Å²) in [5.41, 5.74) is 1.51. The third-order valence-electron chi connectivity index (χ3n) is 5.58. The van der Waals surface area contributed by atoms with E-state index in [2.05, 4.69) is 5.32 Å². The lowest BCUT2D eigenvalue weighted by Gasteiger charge is -2.28. The Hall–Kier alpha value is -3.27. The molecule has 0 aromatic heterocycles. The van der Waals surface area contributed by atoms with Gasteiger partial charge in [-0.05, 0) is 43.4 Å².